The van der Waals surface area contributed by atoms with Gasteiger partial charge < -0.3 is 9.30 Å². The monoisotopic (exact) mass is 283 g/mol. The van der Waals surface area contributed by atoms with Crippen molar-refractivity contribution in [3.05, 3.63) is 39.9 Å². The maximum Gasteiger partial charge on any atom is 0.195 e. The van der Waals surface area contributed by atoms with Gasteiger partial charge in [-0.25, -0.2) is 0 Å². The Balaban J connectivity index is 2.06. The number of H-pyrrole nitrogens is 1. The van der Waals surface area contributed by atoms with E-state index in [0.29, 0.717) is 16.4 Å². The van der Waals surface area contributed by atoms with E-state index in [-0.39, 0.29) is 0 Å². The highest BCUT2D eigenvalue weighted by Crippen LogP contribution is 2.16. The van der Waals surface area contributed by atoms with Crippen molar-refractivity contribution >= 4 is 23.8 Å². The number of benzene rings is 1. The second-order valence-corrected chi connectivity index (χ2v) is 4.66. The number of nitrogens with zero attached hydrogens (tertiary/aromatic N) is 2. The van der Waals surface area contributed by atoms with Gasteiger partial charge >= 0.3 is 0 Å². The molecule has 0 fully saturated rings. The number of ether oxygens (including phenoxy) is 1. The summed E-state index contributed by atoms with van der Waals surface area (Å²) >= 11 is 11.0. The normalized spacial score (nSPS) is 10.6. The summed E-state index contributed by atoms with van der Waals surface area (Å²) in [6.07, 6.45) is 1.00. The lowest BCUT2D eigenvalue weighted by atomic mass is 10.3. The van der Waals surface area contributed by atoms with Crippen molar-refractivity contribution < 1.29 is 4.74 Å². The van der Waals surface area contributed by atoms with E-state index in [0.717, 1.165) is 24.5 Å². The largest absolute Gasteiger partial charge is 0.486 e. The van der Waals surface area contributed by atoms with Crippen LogP contribution in [0.15, 0.2) is 24.3 Å². The molecular weight excluding hydrogens is 270 g/mol. The van der Waals surface area contributed by atoms with Crippen LogP contribution in [0.5, 0.6) is 5.75 Å². The van der Waals surface area contributed by atoms with Gasteiger partial charge in [-0.1, -0.05) is 18.5 Å². The summed E-state index contributed by atoms with van der Waals surface area (Å²) in [5, 5.41) is 7.63. The smallest absolute Gasteiger partial charge is 0.195 e. The maximum atomic E-state index is 5.81. The Morgan fingerprint density at radius 1 is 1.39 bits per heavy atom. The fourth-order valence-electron chi connectivity index (χ4n) is 1.59. The summed E-state index contributed by atoms with van der Waals surface area (Å²) in [5.74, 6) is 1.56. The third-order valence-corrected chi connectivity index (χ3v) is 3.03. The summed E-state index contributed by atoms with van der Waals surface area (Å²) in [5.41, 5.74) is 0. The van der Waals surface area contributed by atoms with Crippen LogP contribution in [0.25, 0.3) is 0 Å². The summed E-state index contributed by atoms with van der Waals surface area (Å²) in [4.78, 5) is 0. The molecule has 1 aromatic carbocycles. The zero-order chi connectivity index (χ0) is 13.0. The molecule has 0 radical (unpaired) electrons. The Kier molecular flexibility index (Phi) is 4.38. The van der Waals surface area contributed by atoms with Gasteiger partial charge in [-0.15, -0.1) is 0 Å². The molecule has 2 rings (SSSR count). The third-order valence-electron chi connectivity index (χ3n) is 2.47. The van der Waals surface area contributed by atoms with E-state index in [1.165, 1.54) is 0 Å². The Hall–Kier alpha value is -1.33. The predicted octanol–water partition coefficient (Wildman–Crippen LogP) is 3.58. The first-order chi connectivity index (χ1) is 8.70. The van der Waals surface area contributed by atoms with E-state index in [4.69, 9.17) is 28.6 Å². The van der Waals surface area contributed by atoms with Crippen molar-refractivity contribution in [2.45, 2.75) is 26.5 Å². The zero-order valence-electron chi connectivity index (χ0n) is 10.0. The molecule has 0 saturated carbocycles. The molecule has 96 valence electrons. The van der Waals surface area contributed by atoms with Crippen LogP contribution >= 0.6 is 23.8 Å². The van der Waals surface area contributed by atoms with E-state index in [9.17, 15) is 0 Å². The molecule has 0 aliphatic carbocycles. The van der Waals surface area contributed by atoms with Gasteiger partial charge in [0.25, 0.3) is 0 Å². The molecule has 0 saturated heterocycles. The van der Waals surface area contributed by atoms with Gasteiger partial charge in [0.15, 0.2) is 10.6 Å². The van der Waals surface area contributed by atoms with Crippen molar-refractivity contribution in [3.63, 3.8) is 0 Å². The van der Waals surface area contributed by atoms with Gasteiger partial charge in [0.1, 0.15) is 12.4 Å². The average molecular weight is 284 g/mol. The Morgan fingerprint density at radius 2 is 2.11 bits per heavy atom. The Morgan fingerprint density at radius 3 is 2.78 bits per heavy atom. The maximum absolute atomic E-state index is 5.81. The topological polar surface area (TPSA) is 42.8 Å². The Labute approximate surface area is 116 Å². The number of aromatic nitrogens is 3. The molecule has 4 nitrogen and oxygen atoms in total. The standard InChI is InChI=1S/C12H14ClN3OS/c1-2-7-16-11(14-15-12(16)18)8-17-10-5-3-9(13)4-6-10/h3-6H,2,7-8H2,1H3,(H,15,18). The summed E-state index contributed by atoms with van der Waals surface area (Å²) in [6.45, 7) is 3.32. The van der Waals surface area contributed by atoms with Gasteiger partial charge in [0.05, 0.1) is 0 Å². The second-order valence-electron chi connectivity index (χ2n) is 3.84. The minimum Gasteiger partial charge on any atom is -0.486 e. The van der Waals surface area contributed by atoms with E-state index < -0.39 is 0 Å². The molecular formula is C12H14ClN3OS. The molecule has 6 heteroatoms. The highest BCUT2D eigenvalue weighted by molar-refractivity contribution is 7.71. The van der Waals surface area contributed by atoms with Crippen LogP contribution in [-0.2, 0) is 13.2 Å². The summed E-state index contributed by atoms with van der Waals surface area (Å²) in [6, 6.07) is 7.24. The number of halogens is 1. The van der Waals surface area contributed by atoms with Gasteiger partial charge in [0.2, 0.25) is 0 Å². The van der Waals surface area contributed by atoms with E-state index in [2.05, 4.69) is 17.1 Å². The highest BCUT2D eigenvalue weighted by Gasteiger charge is 2.06. The quantitative estimate of drug-likeness (QED) is 0.853. The van der Waals surface area contributed by atoms with Gasteiger partial charge in [-0.05, 0) is 42.9 Å². The van der Waals surface area contributed by atoms with Crippen LogP contribution in [0.2, 0.25) is 5.02 Å². The van der Waals surface area contributed by atoms with Crippen LogP contribution in [0, 0.1) is 4.77 Å². The first-order valence-corrected chi connectivity index (χ1v) is 6.51. The van der Waals surface area contributed by atoms with Crippen LogP contribution in [0.4, 0.5) is 0 Å². The van der Waals surface area contributed by atoms with E-state index >= 15 is 0 Å². The van der Waals surface area contributed by atoms with Crippen molar-refractivity contribution in [2.75, 3.05) is 0 Å². The van der Waals surface area contributed by atoms with Crippen molar-refractivity contribution in [3.8, 4) is 5.75 Å². The fourth-order valence-corrected chi connectivity index (χ4v) is 1.96. The lowest BCUT2D eigenvalue weighted by Crippen LogP contribution is -2.07. The SMILES string of the molecule is CCCn1c(COc2ccc(Cl)cc2)n[nH]c1=S. The summed E-state index contributed by atoms with van der Waals surface area (Å²) in [7, 11) is 0. The lowest BCUT2D eigenvalue weighted by molar-refractivity contribution is 0.288. The minimum atomic E-state index is 0.384. The van der Waals surface area contributed by atoms with E-state index in [1.807, 2.05) is 16.7 Å². The lowest BCUT2D eigenvalue weighted by Gasteiger charge is -2.07. The summed E-state index contributed by atoms with van der Waals surface area (Å²) < 4.78 is 8.22. The molecule has 0 unspecified atom stereocenters. The highest BCUT2D eigenvalue weighted by atomic mass is 35.5. The zero-order valence-corrected chi connectivity index (χ0v) is 11.6. The van der Waals surface area contributed by atoms with Crippen LogP contribution < -0.4 is 4.74 Å². The molecule has 0 aliphatic heterocycles. The third kappa shape index (κ3) is 3.11. The van der Waals surface area contributed by atoms with E-state index in [1.54, 1.807) is 12.1 Å². The van der Waals surface area contributed by atoms with Crippen LogP contribution in [0.1, 0.15) is 19.2 Å². The van der Waals surface area contributed by atoms with Crippen LogP contribution in [0.3, 0.4) is 0 Å². The molecule has 0 aliphatic rings. The molecule has 0 atom stereocenters. The molecule has 18 heavy (non-hydrogen) atoms. The predicted molar refractivity (Wildman–Crippen MR) is 73.5 cm³/mol. The van der Waals surface area contributed by atoms with Gasteiger partial charge in [0, 0.05) is 11.6 Å². The van der Waals surface area contributed by atoms with Crippen LogP contribution in [-0.4, -0.2) is 14.8 Å². The Bertz CT molecular complexity index is 561. The average Bonchev–Trinajstić information content (AvgIpc) is 2.71. The number of rotatable bonds is 5. The first-order valence-electron chi connectivity index (χ1n) is 5.73. The van der Waals surface area contributed by atoms with Crippen molar-refractivity contribution in [1.82, 2.24) is 14.8 Å². The number of aromatic amines is 1. The molecule has 0 bridgehead atoms. The van der Waals surface area contributed by atoms with Gasteiger partial charge in [-0.2, -0.15) is 5.10 Å². The molecule has 1 aromatic heterocycles. The minimum absolute atomic E-state index is 0.384. The van der Waals surface area contributed by atoms with Gasteiger partial charge in [-0.3, -0.25) is 5.10 Å². The fraction of sp³-hybridized carbons (Fsp3) is 0.333. The number of hydrogen-bond donors (Lipinski definition) is 1. The molecule has 1 N–H and O–H groups in total. The molecule has 2 aromatic rings. The number of hydrogen-bond acceptors (Lipinski definition) is 3. The first kappa shape index (κ1) is 13.1. The van der Waals surface area contributed by atoms with Crippen molar-refractivity contribution in [1.29, 1.82) is 0 Å². The second kappa shape index (κ2) is 6.02. The molecule has 1 heterocycles. The van der Waals surface area contributed by atoms with Crippen molar-refractivity contribution in [2.24, 2.45) is 0 Å². The molecule has 0 spiro atoms. The molecule has 0 amide bonds. The number of nitrogens with one attached hydrogen (secondary N) is 1.